The highest BCUT2D eigenvalue weighted by Crippen LogP contribution is 2.17. The molecule has 0 spiro atoms. The third kappa shape index (κ3) is 2.93. The van der Waals surface area contributed by atoms with Gasteiger partial charge in [-0.05, 0) is 13.3 Å². The largest absolute Gasteiger partial charge is 0.342 e. The fraction of sp³-hybridized carbons (Fsp3) is 0.778. The van der Waals surface area contributed by atoms with Crippen LogP contribution in [0.5, 0.6) is 0 Å². The highest BCUT2D eigenvalue weighted by Gasteiger charge is 2.28. The van der Waals surface area contributed by atoms with Crippen LogP contribution in [0.25, 0.3) is 0 Å². The van der Waals surface area contributed by atoms with Gasteiger partial charge in [-0.1, -0.05) is 22.6 Å². The van der Waals surface area contributed by atoms with Gasteiger partial charge in [0.05, 0.1) is 0 Å². The molecule has 13 heavy (non-hydrogen) atoms. The molecule has 0 bridgehead atoms. The van der Waals surface area contributed by atoms with Crippen molar-refractivity contribution in [2.75, 3.05) is 17.5 Å². The molecule has 1 saturated heterocycles. The molecule has 0 aliphatic carbocycles. The summed E-state index contributed by atoms with van der Waals surface area (Å²) in [4.78, 5) is 24.3. The fourth-order valence-corrected chi connectivity index (χ4v) is 2.02. The lowest BCUT2D eigenvalue weighted by molar-refractivity contribution is -0.130. The van der Waals surface area contributed by atoms with Crippen molar-refractivity contribution in [3.63, 3.8) is 0 Å². The van der Waals surface area contributed by atoms with E-state index in [4.69, 9.17) is 0 Å². The average molecular weight is 295 g/mol. The number of Topliss-reactive ketones (excluding diaryl/α,β-unsaturated/α-hetero) is 1. The minimum atomic E-state index is 0.0955. The van der Waals surface area contributed by atoms with Crippen molar-refractivity contribution in [2.24, 2.45) is 5.92 Å². The van der Waals surface area contributed by atoms with E-state index >= 15 is 0 Å². The summed E-state index contributed by atoms with van der Waals surface area (Å²) < 4.78 is 0.859. The molecule has 0 aromatic carbocycles. The Balaban J connectivity index is 2.40. The summed E-state index contributed by atoms with van der Waals surface area (Å²) in [6.07, 6.45) is 1.45. The van der Waals surface area contributed by atoms with Crippen molar-refractivity contribution in [3.8, 4) is 0 Å². The summed E-state index contributed by atoms with van der Waals surface area (Å²) >= 11 is 2.19. The van der Waals surface area contributed by atoms with Gasteiger partial charge in [0.2, 0.25) is 5.91 Å². The standard InChI is InChI=1S/C9H14INO2/c1-7(12)8-3-5-11(6-8)9(13)2-4-10/h8H,2-6H2,1H3/t8-/m1/s1. The van der Waals surface area contributed by atoms with Gasteiger partial charge in [-0.25, -0.2) is 0 Å². The van der Waals surface area contributed by atoms with Gasteiger partial charge in [0.15, 0.2) is 0 Å². The third-order valence-electron chi connectivity index (χ3n) is 2.42. The molecule has 0 aromatic heterocycles. The van der Waals surface area contributed by atoms with Crippen molar-refractivity contribution < 1.29 is 9.59 Å². The third-order valence-corrected chi connectivity index (χ3v) is 2.96. The van der Waals surface area contributed by atoms with Crippen LogP contribution in [0.3, 0.4) is 0 Å². The number of rotatable bonds is 3. The van der Waals surface area contributed by atoms with E-state index < -0.39 is 0 Å². The fourth-order valence-electron chi connectivity index (χ4n) is 1.56. The average Bonchev–Trinajstić information content (AvgIpc) is 2.52. The molecule has 1 aliphatic rings. The first-order chi connectivity index (χ1) is 6.15. The Labute approximate surface area is 92.0 Å². The predicted octanol–water partition coefficient (Wildman–Crippen LogP) is 1.25. The summed E-state index contributed by atoms with van der Waals surface area (Å²) in [5.74, 6) is 0.501. The maximum absolute atomic E-state index is 11.4. The number of carbonyl (C=O) groups is 2. The van der Waals surface area contributed by atoms with Gasteiger partial charge in [-0.15, -0.1) is 0 Å². The van der Waals surface area contributed by atoms with E-state index in [9.17, 15) is 9.59 Å². The van der Waals surface area contributed by atoms with Gasteiger partial charge in [0.25, 0.3) is 0 Å². The van der Waals surface area contributed by atoms with E-state index in [0.717, 1.165) is 17.4 Å². The Hall–Kier alpha value is -0.130. The maximum atomic E-state index is 11.4. The molecule has 0 unspecified atom stereocenters. The Morgan fingerprint density at radius 3 is 2.69 bits per heavy atom. The maximum Gasteiger partial charge on any atom is 0.223 e. The molecular weight excluding hydrogens is 281 g/mol. The van der Waals surface area contributed by atoms with Crippen LogP contribution < -0.4 is 0 Å². The zero-order valence-electron chi connectivity index (χ0n) is 7.75. The second-order valence-corrected chi connectivity index (χ2v) is 4.45. The van der Waals surface area contributed by atoms with Crippen LogP contribution in [0.2, 0.25) is 0 Å². The highest BCUT2D eigenvalue weighted by atomic mass is 127. The lowest BCUT2D eigenvalue weighted by Crippen LogP contribution is -2.29. The molecule has 3 nitrogen and oxygen atoms in total. The van der Waals surface area contributed by atoms with Crippen LogP contribution in [0.4, 0.5) is 0 Å². The van der Waals surface area contributed by atoms with E-state index in [0.29, 0.717) is 13.0 Å². The molecule has 1 aliphatic heterocycles. The second kappa shape index (κ2) is 4.93. The van der Waals surface area contributed by atoms with Crippen molar-refractivity contribution >= 4 is 34.3 Å². The predicted molar refractivity (Wildman–Crippen MR) is 58.9 cm³/mol. The summed E-state index contributed by atoms with van der Waals surface area (Å²) in [5, 5.41) is 0. The van der Waals surface area contributed by atoms with Gasteiger partial charge < -0.3 is 4.90 Å². The molecule has 0 aromatic rings. The van der Waals surface area contributed by atoms with E-state index in [1.807, 2.05) is 4.90 Å². The molecule has 0 saturated carbocycles. The Morgan fingerprint density at radius 1 is 1.54 bits per heavy atom. The summed E-state index contributed by atoms with van der Waals surface area (Å²) in [6.45, 7) is 3.02. The number of alkyl halides is 1. The first kappa shape index (κ1) is 10.9. The lowest BCUT2D eigenvalue weighted by atomic mass is 10.1. The SMILES string of the molecule is CC(=O)[C@@H]1CCN(C(=O)CCI)C1. The van der Waals surface area contributed by atoms with Crippen LogP contribution >= 0.6 is 22.6 Å². The van der Waals surface area contributed by atoms with E-state index in [2.05, 4.69) is 22.6 Å². The number of carbonyl (C=O) groups excluding carboxylic acids is 2. The van der Waals surface area contributed by atoms with E-state index in [1.165, 1.54) is 0 Å². The van der Waals surface area contributed by atoms with Crippen LogP contribution in [0, 0.1) is 5.92 Å². The molecular formula is C9H14INO2. The number of hydrogen-bond acceptors (Lipinski definition) is 2. The van der Waals surface area contributed by atoms with Crippen LogP contribution in [0.15, 0.2) is 0 Å². The summed E-state index contributed by atoms with van der Waals surface area (Å²) in [6, 6.07) is 0. The quantitative estimate of drug-likeness (QED) is 0.580. The molecule has 1 rings (SSSR count). The van der Waals surface area contributed by atoms with E-state index in [1.54, 1.807) is 6.92 Å². The van der Waals surface area contributed by atoms with Gasteiger partial charge in [0, 0.05) is 29.9 Å². The van der Waals surface area contributed by atoms with Gasteiger partial charge >= 0.3 is 0 Å². The molecule has 1 atom stereocenters. The number of ketones is 1. The van der Waals surface area contributed by atoms with Crippen molar-refractivity contribution in [1.82, 2.24) is 4.90 Å². The molecule has 74 valence electrons. The van der Waals surface area contributed by atoms with Crippen LogP contribution in [-0.4, -0.2) is 34.1 Å². The molecule has 0 radical (unpaired) electrons. The molecule has 4 heteroatoms. The van der Waals surface area contributed by atoms with E-state index in [-0.39, 0.29) is 17.6 Å². The molecule has 0 N–H and O–H groups in total. The van der Waals surface area contributed by atoms with Gasteiger partial charge in [-0.3, -0.25) is 9.59 Å². The van der Waals surface area contributed by atoms with Crippen molar-refractivity contribution in [1.29, 1.82) is 0 Å². The summed E-state index contributed by atoms with van der Waals surface area (Å²) in [7, 11) is 0. The Kier molecular flexibility index (Phi) is 4.15. The monoisotopic (exact) mass is 295 g/mol. The van der Waals surface area contributed by atoms with Gasteiger partial charge in [0.1, 0.15) is 5.78 Å². The second-order valence-electron chi connectivity index (χ2n) is 3.37. The molecule has 1 heterocycles. The Morgan fingerprint density at radius 2 is 2.23 bits per heavy atom. The lowest BCUT2D eigenvalue weighted by Gasteiger charge is -2.14. The zero-order chi connectivity index (χ0) is 9.84. The minimum absolute atomic E-state index is 0.0955. The number of hydrogen-bond donors (Lipinski definition) is 0. The normalized spacial score (nSPS) is 22.0. The summed E-state index contributed by atoms with van der Waals surface area (Å²) in [5.41, 5.74) is 0. The topological polar surface area (TPSA) is 37.4 Å². The number of likely N-dealkylation sites (tertiary alicyclic amines) is 1. The highest BCUT2D eigenvalue weighted by molar-refractivity contribution is 14.1. The molecule has 1 amide bonds. The minimum Gasteiger partial charge on any atom is -0.342 e. The van der Waals surface area contributed by atoms with Crippen LogP contribution in [0.1, 0.15) is 19.8 Å². The number of halogens is 1. The number of nitrogens with zero attached hydrogens (tertiary/aromatic N) is 1. The van der Waals surface area contributed by atoms with Gasteiger partial charge in [-0.2, -0.15) is 0 Å². The van der Waals surface area contributed by atoms with Crippen molar-refractivity contribution in [2.45, 2.75) is 19.8 Å². The first-order valence-electron chi connectivity index (χ1n) is 4.49. The smallest absolute Gasteiger partial charge is 0.223 e. The first-order valence-corrected chi connectivity index (χ1v) is 6.02. The molecule has 1 fully saturated rings. The van der Waals surface area contributed by atoms with Crippen molar-refractivity contribution in [3.05, 3.63) is 0 Å². The number of amides is 1. The Bertz CT molecular complexity index is 218. The van der Waals surface area contributed by atoms with Crippen LogP contribution in [-0.2, 0) is 9.59 Å². The zero-order valence-corrected chi connectivity index (χ0v) is 9.91.